The molecule has 0 aromatic heterocycles. The van der Waals surface area contributed by atoms with Crippen molar-refractivity contribution in [1.29, 1.82) is 0 Å². The first kappa shape index (κ1) is 30.8. The van der Waals surface area contributed by atoms with Crippen molar-refractivity contribution in [1.82, 2.24) is 10.2 Å². The average molecular weight is 611 g/mol. The molecule has 3 aromatic carbocycles. The molecule has 0 aliphatic carbocycles. The lowest BCUT2D eigenvalue weighted by Crippen LogP contribution is -2.52. The van der Waals surface area contributed by atoms with E-state index < -0.39 is 34.4 Å². The van der Waals surface area contributed by atoms with Crippen LogP contribution >= 0.6 is 34.8 Å². The van der Waals surface area contributed by atoms with E-state index in [1.165, 1.54) is 29.2 Å². The van der Waals surface area contributed by atoms with Crippen molar-refractivity contribution in [2.24, 2.45) is 0 Å². The molecule has 7 nitrogen and oxygen atoms in total. The van der Waals surface area contributed by atoms with E-state index in [1.54, 1.807) is 63.2 Å². The zero-order valence-corrected chi connectivity index (χ0v) is 25.1. The first-order chi connectivity index (χ1) is 18.3. The van der Waals surface area contributed by atoms with Gasteiger partial charge in [-0.25, -0.2) is 8.42 Å². The van der Waals surface area contributed by atoms with Crippen LogP contribution in [0.15, 0.2) is 71.6 Å². The maximum absolute atomic E-state index is 13.9. The van der Waals surface area contributed by atoms with Gasteiger partial charge in [0.15, 0.2) is 0 Å². The van der Waals surface area contributed by atoms with Gasteiger partial charge in [0.2, 0.25) is 11.8 Å². The van der Waals surface area contributed by atoms with Gasteiger partial charge < -0.3 is 10.2 Å². The molecular formula is C28H30Cl3N3O4S. The van der Waals surface area contributed by atoms with Gasteiger partial charge in [0.05, 0.1) is 10.6 Å². The molecule has 3 rings (SSSR count). The molecule has 0 aliphatic rings. The van der Waals surface area contributed by atoms with E-state index in [9.17, 15) is 18.0 Å². The van der Waals surface area contributed by atoms with E-state index >= 15 is 0 Å². The molecule has 0 fully saturated rings. The Hall–Kier alpha value is -2.78. The lowest BCUT2D eigenvalue weighted by Gasteiger charge is -2.32. The van der Waals surface area contributed by atoms with Crippen molar-refractivity contribution >= 4 is 62.3 Å². The van der Waals surface area contributed by atoms with Crippen molar-refractivity contribution in [2.45, 2.75) is 51.2 Å². The Bertz CT molecular complexity index is 1410. The fraction of sp³-hybridized carbons (Fsp3) is 0.286. The summed E-state index contributed by atoms with van der Waals surface area (Å²) in [7, 11) is -4.18. The second-order valence-corrected chi connectivity index (χ2v) is 12.5. The van der Waals surface area contributed by atoms with E-state index in [2.05, 4.69) is 5.32 Å². The standard InChI is InChI=1S/C28H30Cl3N3O4S/c1-18(2)32-28(36)20(4)33(16-24-25(30)6-5-7-26(24)31)27(35)17-34(22-12-10-21(29)11-13-22)39(37,38)23-14-8-19(3)9-15-23/h5-15,18,20H,16-17H2,1-4H3,(H,32,36)/t20-/m1/s1. The van der Waals surface area contributed by atoms with E-state index in [0.717, 1.165) is 9.87 Å². The molecule has 3 aromatic rings. The minimum Gasteiger partial charge on any atom is -0.352 e. The van der Waals surface area contributed by atoms with Crippen molar-refractivity contribution in [3.05, 3.63) is 92.9 Å². The van der Waals surface area contributed by atoms with E-state index in [0.29, 0.717) is 20.6 Å². The van der Waals surface area contributed by atoms with Crippen LogP contribution in [-0.2, 0) is 26.2 Å². The van der Waals surface area contributed by atoms with Crippen LogP contribution in [0.3, 0.4) is 0 Å². The van der Waals surface area contributed by atoms with Gasteiger partial charge in [-0.05, 0) is 76.2 Å². The molecule has 1 N–H and O–H groups in total. The van der Waals surface area contributed by atoms with E-state index in [4.69, 9.17) is 34.8 Å². The number of sulfonamides is 1. The van der Waals surface area contributed by atoms with Gasteiger partial charge in [0.1, 0.15) is 12.6 Å². The zero-order chi connectivity index (χ0) is 28.9. The topological polar surface area (TPSA) is 86.8 Å². The number of hydrogen-bond donors (Lipinski definition) is 1. The molecule has 11 heteroatoms. The number of nitrogens with zero attached hydrogens (tertiary/aromatic N) is 2. The molecule has 0 saturated heterocycles. The van der Waals surface area contributed by atoms with Crippen LogP contribution in [0.5, 0.6) is 0 Å². The lowest BCUT2D eigenvalue weighted by atomic mass is 10.1. The van der Waals surface area contributed by atoms with Crippen LogP contribution in [0, 0.1) is 6.92 Å². The maximum Gasteiger partial charge on any atom is 0.264 e. The fourth-order valence-electron chi connectivity index (χ4n) is 3.82. The second kappa shape index (κ2) is 13.0. The molecule has 0 radical (unpaired) electrons. The van der Waals surface area contributed by atoms with Gasteiger partial charge in [0.25, 0.3) is 10.0 Å². The summed E-state index contributed by atoms with van der Waals surface area (Å²) in [4.78, 5) is 28.2. The number of nitrogens with one attached hydrogen (secondary N) is 1. The summed E-state index contributed by atoms with van der Waals surface area (Å²) in [5, 5.41) is 3.85. The van der Waals surface area contributed by atoms with E-state index in [-0.39, 0.29) is 23.2 Å². The molecule has 0 heterocycles. The predicted molar refractivity (Wildman–Crippen MR) is 157 cm³/mol. The first-order valence-corrected chi connectivity index (χ1v) is 14.8. The molecular weight excluding hydrogens is 581 g/mol. The molecule has 0 saturated carbocycles. The molecule has 2 amide bonds. The number of hydrogen-bond acceptors (Lipinski definition) is 4. The molecule has 1 atom stereocenters. The van der Waals surface area contributed by atoms with Crippen LogP contribution in [0.1, 0.15) is 31.9 Å². The second-order valence-electron chi connectivity index (χ2n) is 9.36. The quantitative estimate of drug-likeness (QED) is 0.301. The summed E-state index contributed by atoms with van der Waals surface area (Å²) in [5.74, 6) is -1.02. The predicted octanol–water partition coefficient (Wildman–Crippen LogP) is 6.09. The van der Waals surface area contributed by atoms with Crippen LogP contribution in [0.4, 0.5) is 5.69 Å². The third-order valence-electron chi connectivity index (χ3n) is 5.99. The maximum atomic E-state index is 13.9. The van der Waals surface area contributed by atoms with Crippen LogP contribution < -0.4 is 9.62 Å². The Morgan fingerprint density at radius 3 is 1.97 bits per heavy atom. The minimum absolute atomic E-state index is 0.0159. The normalized spacial score (nSPS) is 12.2. The number of amides is 2. The summed E-state index contributed by atoms with van der Waals surface area (Å²) in [6, 6.07) is 16.3. The fourth-order valence-corrected chi connectivity index (χ4v) is 5.87. The summed E-state index contributed by atoms with van der Waals surface area (Å²) in [5.41, 5.74) is 1.57. The molecule has 0 unspecified atom stereocenters. The third-order valence-corrected chi connectivity index (χ3v) is 8.74. The summed E-state index contributed by atoms with van der Waals surface area (Å²) in [6.45, 7) is 6.33. The van der Waals surface area contributed by atoms with Gasteiger partial charge in [-0.2, -0.15) is 0 Å². The number of rotatable bonds is 10. The van der Waals surface area contributed by atoms with Crippen molar-refractivity contribution in [3.63, 3.8) is 0 Å². The first-order valence-electron chi connectivity index (χ1n) is 12.2. The average Bonchev–Trinajstić information content (AvgIpc) is 2.87. The highest BCUT2D eigenvalue weighted by atomic mass is 35.5. The molecule has 0 bridgehead atoms. The Morgan fingerprint density at radius 1 is 0.872 bits per heavy atom. The Kier molecular flexibility index (Phi) is 10.3. The Balaban J connectivity index is 2.06. The smallest absolute Gasteiger partial charge is 0.264 e. The largest absolute Gasteiger partial charge is 0.352 e. The highest BCUT2D eigenvalue weighted by Gasteiger charge is 2.33. The van der Waals surface area contributed by atoms with Crippen LogP contribution in [-0.4, -0.2) is 43.8 Å². The van der Waals surface area contributed by atoms with Crippen molar-refractivity contribution < 1.29 is 18.0 Å². The van der Waals surface area contributed by atoms with Gasteiger partial charge in [-0.15, -0.1) is 0 Å². The van der Waals surface area contributed by atoms with Gasteiger partial charge >= 0.3 is 0 Å². The molecule has 0 aliphatic heterocycles. The number of carbonyl (C=O) groups excluding carboxylic acids is 2. The molecule has 208 valence electrons. The number of aryl methyl sites for hydroxylation is 1. The molecule has 0 spiro atoms. The van der Waals surface area contributed by atoms with Crippen molar-refractivity contribution in [2.75, 3.05) is 10.8 Å². The summed E-state index contributed by atoms with van der Waals surface area (Å²) < 4.78 is 28.6. The summed E-state index contributed by atoms with van der Waals surface area (Å²) >= 11 is 18.8. The highest BCUT2D eigenvalue weighted by molar-refractivity contribution is 7.92. The Labute approximate surface area is 244 Å². The SMILES string of the molecule is Cc1ccc(S(=O)(=O)N(CC(=O)N(Cc2c(Cl)cccc2Cl)[C@H](C)C(=O)NC(C)C)c2ccc(Cl)cc2)cc1. The highest BCUT2D eigenvalue weighted by Crippen LogP contribution is 2.29. The summed E-state index contributed by atoms with van der Waals surface area (Å²) in [6.07, 6.45) is 0. The van der Waals surface area contributed by atoms with Gasteiger partial charge in [0, 0.05) is 33.2 Å². The monoisotopic (exact) mass is 609 g/mol. The van der Waals surface area contributed by atoms with Gasteiger partial charge in [-0.3, -0.25) is 13.9 Å². The molecule has 39 heavy (non-hydrogen) atoms. The number of anilines is 1. The number of halogens is 3. The lowest BCUT2D eigenvalue weighted by molar-refractivity contribution is -0.139. The zero-order valence-electron chi connectivity index (χ0n) is 22.0. The van der Waals surface area contributed by atoms with Crippen LogP contribution in [0.25, 0.3) is 0 Å². The Morgan fingerprint density at radius 2 is 1.44 bits per heavy atom. The third kappa shape index (κ3) is 7.66. The van der Waals surface area contributed by atoms with Gasteiger partial charge in [-0.1, -0.05) is 58.6 Å². The van der Waals surface area contributed by atoms with Crippen molar-refractivity contribution in [3.8, 4) is 0 Å². The number of benzene rings is 3. The van der Waals surface area contributed by atoms with Crippen LogP contribution in [0.2, 0.25) is 15.1 Å². The number of carbonyl (C=O) groups is 2. The van der Waals surface area contributed by atoms with E-state index in [1.807, 2.05) is 6.92 Å². The minimum atomic E-state index is -4.18.